The van der Waals surface area contributed by atoms with E-state index in [4.69, 9.17) is 14.2 Å². The summed E-state index contributed by atoms with van der Waals surface area (Å²) in [7, 11) is 3.00. The van der Waals surface area contributed by atoms with E-state index in [2.05, 4.69) is 26.6 Å². The van der Waals surface area contributed by atoms with Crippen molar-refractivity contribution in [2.24, 2.45) is 0 Å². The van der Waals surface area contributed by atoms with Gasteiger partial charge in [-0.05, 0) is 48.4 Å². The first kappa shape index (κ1) is 26.7. The average Bonchev–Trinajstić information content (AvgIpc) is 3.16. The number of methoxy groups -OCH3 is 2. The lowest BCUT2D eigenvalue weighted by Gasteiger charge is -2.14. The highest BCUT2D eigenvalue weighted by Crippen LogP contribution is 2.35. The normalized spacial score (nSPS) is 13.9. The van der Waals surface area contributed by atoms with Crippen molar-refractivity contribution in [1.29, 1.82) is 0 Å². The lowest BCUT2D eigenvalue weighted by Crippen LogP contribution is -2.38. The molecule has 38 heavy (non-hydrogen) atoms. The summed E-state index contributed by atoms with van der Waals surface area (Å²) in [5.41, 5.74) is 3.19. The number of para-hydroxylation sites is 2. The van der Waals surface area contributed by atoms with E-state index in [0.29, 0.717) is 39.6 Å². The number of hydrogen-bond donors (Lipinski definition) is 2. The zero-order valence-electron chi connectivity index (χ0n) is 21.0. The monoisotopic (exact) mass is 579 g/mol. The summed E-state index contributed by atoms with van der Waals surface area (Å²) in [4.78, 5) is 38.8. The Bertz CT molecular complexity index is 1420. The lowest BCUT2D eigenvalue weighted by molar-refractivity contribution is -0.127. The van der Waals surface area contributed by atoms with Crippen molar-refractivity contribution in [2.75, 3.05) is 26.1 Å². The standard InChI is InChI=1S/C28H26BrN3O6/c1-17-7-6-8-18(11-17)16-38-25-14-20(29)19(13-24(25)37-3)12-22-27(34)32(28(35)31-22)15-26(33)30-21-9-4-5-10-23(21)36-2/h4-14H,15-16H2,1-3H3,(H,30,33)(H,31,35)/b22-12+. The van der Waals surface area contributed by atoms with Crippen LogP contribution in [0.15, 0.2) is 70.8 Å². The van der Waals surface area contributed by atoms with Crippen molar-refractivity contribution in [3.05, 3.63) is 87.5 Å². The zero-order chi connectivity index (χ0) is 27.2. The van der Waals surface area contributed by atoms with Crippen LogP contribution in [0.4, 0.5) is 10.5 Å². The maximum absolute atomic E-state index is 12.9. The van der Waals surface area contributed by atoms with Crippen molar-refractivity contribution >= 4 is 45.5 Å². The molecule has 0 saturated carbocycles. The van der Waals surface area contributed by atoms with Crippen LogP contribution < -0.4 is 24.8 Å². The number of imide groups is 1. The van der Waals surface area contributed by atoms with E-state index in [1.54, 1.807) is 36.4 Å². The van der Waals surface area contributed by atoms with Gasteiger partial charge in [0.25, 0.3) is 5.91 Å². The first-order valence-corrected chi connectivity index (χ1v) is 12.4. The number of rotatable bonds is 9. The van der Waals surface area contributed by atoms with E-state index in [9.17, 15) is 14.4 Å². The van der Waals surface area contributed by atoms with Crippen LogP contribution in [-0.4, -0.2) is 43.5 Å². The summed E-state index contributed by atoms with van der Waals surface area (Å²) >= 11 is 3.50. The van der Waals surface area contributed by atoms with Crippen LogP contribution in [0.2, 0.25) is 0 Å². The fourth-order valence-corrected chi connectivity index (χ4v) is 4.29. The van der Waals surface area contributed by atoms with E-state index in [1.807, 2.05) is 31.2 Å². The molecule has 10 heteroatoms. The molecule has 0 atom stereocenters. The second kappa shape index (κ2) is 11.8. The Balaban J connectivity index is 1.47. The van der Waals surface area contributed by atoms with Crippen molar-refractivity contribution in [1.82, 2.24) is 10.2 Å². The maximum atomic E-state index is 12.9. The van der Waals surface area contributed by atoms with Gasteiger partial charge in [-0.3, -0.25) is 9.59 Å². The van der Waals surface area contributed by atoms with Crippen molar-refractivity contribution < 1.29 is 28.6 Å². The largest absolute Gasteiger partial charge is 0.495 e. The molecule has 3 aromatic carbocycles. The number of carbonyl (C=O) groups is 3. The first-order valence-electron chi connectivity index (χ1n) is 11.6. The number of ether oxygens (including phenoxy) is 3. The fraction of sp³-hybridized carbons (Fsp3) is 0.179. The van der Waals surface area contributed by atoms with Gasteiger partial charge in [-0.15, -0.1) is 0 Å². The van der Waals surface area contributed by atoms with Gasteiger partial charge in [-0.2, -0.15) is 0 Å². The summed E-state index contributed by atoms with van der Waals surface area (Å²) in [6.45, 7) is 1.90. The number of carbonyl (C=O) groups excluding carboxylic acids is 3. The number of amides is 4. The molecule has 1 heterocycles. The van der Waals surface area contributed by atoms with Crippen LogP contribution in [0.1, 0.15) is 16.7 Å². The molecule has 0 spiro atoms. The van der Waals surface area contributed by atoms with Crippen LogP contribution >= 0.6 is 15.9 Å². The van der Waals surface area contributed by atoms with Gasteiger partial charge in [0.1, 0.15) is 24.6 Å². The first-order chi connectivity index (χ1) is 18.3. The van der Waals surface area contributed by atoms with Crippen LogP contribution in [-0.2, 0) is 16.2 Å². The van der Waals surface area contributed by atoms with Gasteiger partial charge >= 0.3 is 6.03 Å². The number of urea groups is 1. The Kier molecular flexibility index (Phi) is 8.32. The highest BCUT2D eigenvalue weighted by atomic mass is 79.9. The molecule has 0 aromatic heterocycles. The molecular formula is C28H26BrN3O6. The van der Waals surface area contributed by atoms with Gasteiger partial charge in [0.15, 0.2) is 11.5 Å². The van der Waals surface area contributed by atoms with Crippen LogP contribution in [0.5, 0.6) is 17.2 Å². The van der Waals surface area contributed by atoms with Gasteiger partial charge < -0.3 is 24.8 Å². The molecule has 0 radical (unpaired) electrons. The molecule has 4 rings (SSSR count). The Hall–Kier alpha value is -4.31. The van der Waals surface area contributed by atoms with Crippen LogP contribution in [0.25, 0.3) is 6.08 Å². The highest BCUT2D eigenvalue weighted by molar-refractivity contribution is 9.10. The Morgan fingerprint density at radius 3 is 2.50 bits per heavy atom. The minimum absolute atomic E-state index is 0.0243. The summed E-state index contributed by atoms with van der Waals surface area (Å²) in [6, 6.07) is 17.6. The third kappa shape index (κ3) is 6.15. The minimum Gasteiger partial charge on any atom is -0.495 e. The summed E-state index contributed by atoms with van der Waals surface area (Å²) in [5, 5.41) is 5.18. The van der Waals surface area contributed by atoms with Gasteiger partial charge in [0.2, 0.25) is 5.91 Å². The van der Waals surface area contributed by atoms with E-state index < -0.39 is 24.4 Å². The topological polar surface area (TPSA) is 106 Å². The molecule has 0 aliphatic carbocycles. The predicted molar refractivity (Wildman–Crippen MR) is 146 cm³/mol. The fourth-order valence-electron chi connectivity index (χ4n) is 3.85. The molecular weight excluding hydrogens is 554 g/mol. The smallest absolute Gasteiger partial charge is 0.329 e. The predicted octanol–water partition coefficient (Wildman–Crippen LogP) is 4.89. The average molecular weight is 580 g/mol. The molecule has 2 N–H and O–H groups in total. The second-order valence-corrected chi connectivity index (χ2v) is 9.28. The van der Waals surface area contributed by atoms with Crippen molar-refractivity contribution in [3.8, 4) is 17.2 Å². The van der Waals surface area contributed by atoms with E-state index in [1.165, 1.54) is 20.3 Å². The second-order valence-electron chi connectivity index (χ2n) is 8.43. The number of benzene rings is 3. The number of aryl methyl sites for hydroxylation is 1. The SMILES string of the molecule is COc1ccccc1NC(=O)CN1C(=O)N/C(=C/c2cc(OC)c(OCc3cccc(C)c3)cc2Br)C1=O. The molecule has 0 unspecified atom stereocenters. The summed E-state index contributed by atoms with van der Waals surface area (Å²) < 4.78 is 17.3. The Morgan fingerprint density at radius 2 is 1.76 bits per heavy atom. The van der Waals surface area contributed by atoms with E-state index in [-0.39, 0.29) is 5.70 Å². The molecule has 1 aliphatic rings. The zero-order valence-corrected chi connectivity index (χ0v) is 22.6. The minimum atomic E-state index is -0.697. The number of halogens is 1. The Morgan fingerprint density at radius 1 is 1.00 bits per heavy atom. The van der Waals surface area contributed by atoms with Crippen LogP contribution in [0, 0.1) is 6.92 Å². The molecule has 3 aromatic rings. The quantitative estimate of drug-likeness (QED) is 0.276. The third-order valence-electron chi connectivity index (χ3n) is 5.70. The number of hydrogen-bond acceptors (Lipinski definition) is 6. The number of nitrogens with one attached hydrogen (secondary N) is 2. The van der Waals surface area contributed by atoms with Crippen molar-refractivity contribution in [3.63, 3.8) is 0 Å². The molecule has 1 saturated heterocycles. The molecule has 196 valence electrons. The van der Waals surface area contributed by atoms with Gasteiger partial charge in [0, 0.05) is 4.47 Å². The molecule has 1 fully saturated rings. The molecule has 1 aliphatic heterocycles. The van der Waals surface area contributed by atoms with E-state index in [0.717, 1.165) is 16.0 Å². The summed E-state index contributed by atoms with van der Waals surface area (Å²) in [5.74, 6) is 0.258. The van der Waals surface area contributed by atoms with Crippen LogP contribution in [0.3, 0.4) is 0 Å². The van der Waals surface area contributed by atoms with Gasteiger partial charge in [-0.1, -0.05) is 57.9 Å². The van der Waals surface area contributed by atoms with Gasteiger partial charge in [0.05, 0.1) is 19.9 Å². The van der Waals surface area contributed by atoms with E-state index >= 15 is 0 Å². The molecule has 9 nitrogen and oxygen atoms in total. The highest BCUT2D eigenvalue weighted by Gasteiger charge is 2.35. The lowest BCUT2D eigenvalue weighted by atomic mass is 10.1. The molecule has 0 bridgehead atoms. The molecule has 4 amide bonds. The maximum Gasteiger partial charge on any atom is 0.329 e. The number of anilines is 1. The van der Waals surface area contributed by atoms with Gasteiger partial charge in [-0.25, -0.2) is 9.69 Å². The Labute approximate surface area is 228 Å². The summed E-state index contributed by atoms with van der Waals surface area (Å²) in [6.07, 6.45) is 1.51. The van der Waals surface area contributed by atoms with Crippen molar-refractivity contribution in [2.45, 2.75) is 13.5 Å². The third-order valence-corrected chi connectivity index (χ3v) is 6.39. The number of nitrogens with zero attached hydrogens (tertiary/aromatic N) is 1.